The van der Waals surface area contributed by atoms with E-state index in [1.807, 2.05) is 36.4 Å². The summed E-state index contributed by atoms with van der Waals surface area (Å²) in [5.74, 6) is 0.934. The summed E-state index contributed by atoms with van der Waals surface area (Å²) in [6, 6.07) is 23.0. The molecule has 4 nitrogen and oxygen atoms in total. The van der Waals surface area contributed by atoms with Gasteiger partial charge in [0.15, 0.2) is 5.78 Å². The van der Waals surface area contributed by atoms with Gasteiger partial charge < -0.3 is 14.6 Å². The van der Waals surface area contributed by atoms with Crippen molar-refractivity contribution in [2.24, 2.45) is 0 Å². The zero-order chi connectivity index (χ0) is 17.5. The average Bonchev–Trinajstić information content (AvgIpc) is 2.66. The second-order valence-electron chi connectivity index (χ2n) is 5.38. The first-order valence-electron chi connectivity index (χ1n) is 7.97. The van der Waals surface area contributed by atoms with E-state index in [4.69, 9.17) is 9.47 Å². The number of hydrogen-bond acceptors (Lipinski definition) is 4. The lowest BCUT2D eigenvalue weighted by Crippen LogP contribution is -2.09. The molecule has 0 aliphatic heterocycles. The summed E-state index contributed by atoms with van der Waals surface area (Å²) in [4.78, 5) is 12.4. The van der Waals surface area contributed by atoms with Crippen LogP contribution in [0.2, 0.25) is 0 Å². The molecule has 4 heteroatoms. The van der Waals surface area contributed by atoms with E-state index < -0.39 is 0 Å². The number of phenols is 1. The predicted octanol–water partition coefficient (Wildman–Crippen LogP) is 4.08. The molecule has 0 aliphatic rings. The summed E-state index contributed by atoms with van der Waals surface area (Å²) in [5.41, 5.74) is 0.779. The molecule has 0 saturated heterocycles. The van der Waals surface area contributed by atoms with E-state index in [9.17, 15) is 9.90 Å². The number of benzene rings is 3. The van der Waals surface area contributed by atoms with E-state index in [2.05, 4.69) is 0 Å². The molecule has 0 heterocycles. The summed E-state index contributed by atoms with van der Waals surface area (Å²) in [6.45, 7) is 0.718. The number of ether oxygens (including phenoxy) is 2. The summed E-state index contributed by atoms with van der Waals surface area (Å²) in [5, 5.41) is 10.1. The molecular weight excluding hydrogens is 316 g/mol. The van der Waals surface area contributed by atoms with Crippen LogP contribution < -0.4 is 9.47 Å². The highest BCUT2D eigenvalue weighted by Gasteiger charge is 2.14. The number of aromatic hydroxyl groups is 1. The molecule has 0 fully saturated rings. The van der Waals surface area contributed by atoms with Gasteiger partial charge in [-0.3, -0.25) is 4.79 Å². The normalized spacial score (nSPS) is 10.2. The van der Waals surface area contributed by atoms with Gasteiger partial charge in [0, 0.05) is 11.6 Å². The molecule has 0 amide bonds. The van der Waals surface area contributed by atoms with Gasteiger partial charge in [-0.25, -0.2) is 0 Å². The SMILES string of the molecule is O=C(c1ccccc1)c1ccc(OCCOc2ccccc2)cc1O. The van der Waals surface area contributed by atoms with Crippen LogP contribution in [0.1, 0.15) is 15.9 Å². The monoisotopic (exact) mass is 334 g/mol. The van der Waals surface area contributed by atoms with Crippen molar-refractivity contribution < 1.29 is 19.4 Å². The Bertz CT molecular complexity index is 829. The molecule has 25 heavy (non-hydrogen) atoms. The molecule has 3 aromatic carbocycles. The quantitative estimate of drug-likeness (QED) is 0.522. The number of phenolic OH excluding ortho intramolecular Hbond substituents is 1. The van der Waals surface area contributed by atoms with E-state index >= 15 is 0 Å². The van der Waals surface area contributed by atoms with Crippen LogP contribution in [0, 0.1) is 0 Å². The Kier molecular flexibility index (Phi) is 5.32. The van der Waals surface area contributed by atoms with E-state index in [0.29, 0.717) is 24.5 Å². The van der Waals surface area contributed by atoms with Crippen LogP contribution in [-0.4, -0.2) is 24.1 Å². The molecule has 1 N–H and O–H groups in total. The third-order valence-corrected chi connectivity index (χ3v) is 3.61. The zero-order valence-corrected chi connectivity index (χ0v) is 13.6. The molecule has 3 aromatic rings. The van der Waals surface area contributed by atoms with Gasteiger partial charge in [-0.2, -0.15) is 0 Å². The van der Waals surface area contributed by atoms with E-state index in [-0.39, 0.29) is 17.1 Å². The van der Waals surface area contributed by atoms with E-state index in [1.165, 1.54) is 6.07 Å². The van der Waals surface area contributed by atoms with Crippen molar-refractivity contribution in [1.29, 1.82) is 0 Å². The van der Waals surface area contributed by atoms with Gasteiger partial charge in [-0.15, -0.1) is 0 Å². The smallest absolute Gasteiger partial charge is 0.196 e. The lowest BCUT2D eigenvalue weighted by Gasteiger charge is -2.10. The first-order chi connectivity index (χ1) is 12.2. The fraction of sp³-hybridized carbons (Fsp3) is 0.0952. The third-order valence-electron chi connectivity index (χ3n) is 3.61. The highest BCUT2D eigenvalue weighted by molar-refractivity contribution is 6.10. The highest BCUT2D eigenvalue weighted by Crippen LogP contribution is 2.26. The van der Waals surface area contributed by atoms with Crippen LogP contribution in [0.3, 0.4) is 0 Å². The van der Waals surface area contributed by atoms with Crippen LogP contribution in [0.15, 0.2) is 78.9 Å². The van der Waals surface area contributed by atoms with Crippen molar-refractivity contribution >= 4 is 5.78 Å². The van der Waals surface area contributed by atoms with Crippen molar-refractivity contribution in [3.8, 4) is 17.2 Å². The molecule has 0 radical (unpaired) electrons. The Morgan fingerprint density at radius 3 is 2.00 bits per heavy atom. The Morgan fingerprint density at radius 1 is 0.760 bits per heavy atom. The largest absolute Gasteiger partial charge is 0.507 e. The standard InChI is InChI=1S/C21H18O4/c22-20-15-18(25-14-13-24-17-9-5-2-6-10-17)11-12-19(20)21(23)16-7-3-1-4-8-16/h1-12,15,22H,13-14H2. The average molecular weight is 334 g/mol. The molecule has 0 unspecified atom stereocenters. The Labute approximate surface area is 146 Å². The second kappa shape index (κ2) is 8.02. The fourth-order valence-corrected chi connectivity index (χ4v) is 2.37. The number of rotatable bonds is 7. The van der Waals surface area contributed by atoms with E-state index in [0.717, 1.165) is 5.75 Å². The molecule has 126 valence electrons. The molecule has 0 saturated carbocycles. The van der Waals surface area contributed by atoms with E-state index in [1.54, 1.807) is 36.4 Å². The third kappa shape index (κ3) is 4.38. The van der Waals surface area contributed by atoms with Gasteiger partial charge in [0.25, 0.3) is 0 Å². The van der Waals surface area contributed by atoms with Gasteiger partial charge in [0.2, 0.25) is 0 Å². The van der Waals surface area contributed by atoms with Crippen LogP contribution >= 0.6 is 0 Å². The summed E-state index contributed by atoms with van der Waals surface area (Å²) in [6.07, 6.45) is 0. The number of carbonyl (C=O) groups is 1. The first kappa shape index (κ1) is 16.6. The van der Waals surface area contributed by atoms with Crippen molar-refractivity contribution in [3.05, 3.63) is 90.0 Å². The number of hydrogen-bond donors (Lipinski definition) is 1. The Hall–Kier alpha value is -3.27. The molecule has 0 bridgehead atoms. The topological polar surface area (TPSA) is 55.8 Å². The minimum absolute atomic E-state index is 0.102. The summed E-state index contributed by atoms with van der Waals surface area (Å²) in [7, 11) is 0. The van der Waals surface area contributed by atoms with Crippen molar-refractivity contribution in [2.75, 3.05) is 13.2 Å². The van der Waals surface area contributed by atoms with Gasteiger partial charge >= 0.3 is 0 Å². The number of carbonyl (C=O) groups excluding carboxylic acids is 1. The Balaban J connectivity index is 1.57. The molecule has 0 aliphatic carbocycles. The second-order valence-corrected chi connectivity index (χ2v) is 5.38. The molecule has 3 rings (SSSR count). The van der Waals surface area contributed by atoms with Gasteiger partial charge in [-0.1, -0.05) is 48.5 Å². The molecular formula is C21H18O4. The maximum atomic E-state index is 12.4. The minimum Gasteiger partial charge on any atom is -0.507 e. The Morgan fingerprint density at radius 2 is 1.36 bits per heavy atom. The zero-order valence-electron chi connectivity index (χ0n) is 13.6. The predicted molar refractivity (Wildman–Crippen MR) is 95.4 cm³/mol. The van der Waals surface area contributed by atoms with Crippen LogP contribution in [0.5, 0.6) is 17.2 Å². The molecule has 0 spiro atoms. The maximum Gasteiger partial charge on any atom is 0.196 e. The first-order valence-corrected chi connectivity index (χ1v) is 7.97. The van der Waals surface area contributed by atoms with Crippen LogP contribution in [0.4, 0.5) is 0 Å². The minimum atomic E-state index is -0.225. The summed E-state index contributed by atoms with van der Waals surface area (Å²) >= 11 is 0. The van der Waals surface area contributed by atoms with Crippen molar-refractivity contribution in [1.82, 2.24) is 0 Å². The van der Waals surface area contributed by atoms with Gasteiger partial charge in [-0.05, 0) is 24.3 Å². The summed E-state index contributed by atoms with van der Waals surface area (Å²) < 4.78 is 11.1. The maximum absolute atomic E-state index is 12.4. The van der Waals surface area contributed by atoms with Gasteiger partial charge in [0.1, 0.15) is 30.5 Å². The van der Waals surface area contributed by atoms with Crippen LogP contribution in [-0.2, 0) is 0 Å². The van der Waals surface area contributed by atoms with Gasteiger partial charge in [0.05, 0.1) is 5.56 Å². The molecule has 0 aromatic heterocycles. The lowest BCUT2D eigenvalue weighted by molar-refractivity contribution is 0.103. The molecule has 0 atom stereocenters. The number of ketones is 1. The van der Waals surface area contributed by atoms with Crippen molar-refractivity contribution in [2.45, 2.75) is 0 Å². The van der Waals surface area contributed by atoms with Crippen LogP contribution in [0.25, 0.3) is 0 Å². The number of para-hydroxylation sites is 1. The van der Waals surface area contributed by atoms with Crippen molar-refractivity contribution in [3.63, 3.8) is 0 Å². The highest BCUT2D eigenvalue weighted by atomic mass is 16.5. The lowest BCUT2D eigenvalue weighted by atomic mass is 10.0. The fourth-order valence-electron chi connectivity index (χ4n) is 2.37.